The van der Waals surface area contributed by atoms with Crippen LogP contribution in [0.25, 0.3) is 11.1 Å². The standard InChI is InChI=1S/C18H17N3O6/c1-26-15-5-3-2-4-12(15)8-9-19-17(22)11-20-14-10-13(21(24)25)6-7-16(14)27-18(20)23/h2-7,10H,8-9,11H2,1H3,(H,19,22). The van der Waals surface area contributed by atoms with Crippen molar-refractivity contribution in [2.24, 2.45) is 0 Å². The van der Waals surface area contributed by atoms with Gasteiger partial charge in [-0.3, -0.25) is 19.5 Å². The van der Waals surface area contributed by atoms with Gasteiger partial charge in [0, 0.05) is 18.7 Å². The number of nitrogens with one attached hydrogen (secondary N) is 1. The van der Waals surface area contributed by atoms with E-state index in [2.05, 4.69) is 5.32 Å². The predicted molar refractivity (Wildman–Crippen MR) is 96.8 cm³/mol. The Morgan fingerprint density at radius 1 is 1.30 bits per heavy atom. The quantitative estimate of drug-likeness (QED) is 0.500. The van der Waals surface area contributed by atoms with Gasteiger partial charge in [0.15, 0.2) is 5.58 Å². The van der Waals surface area contributed by atoms with Crippen LogP contribution in [0.2, 0.25) is 0 Å². The average Bonchev–Trinajstić information content (AvgIpc) is 2.96. The number of nitro benzene ring substituents is 1. The van der Waals surface area contributed by atoms with Crippen LogP contribution < -0.4 is 15.8 Å². The van der Waals surface area contributed by atoms with Crippen molar-refractivity contribution in [2.45, 2.75) is 13.0 Å². The Morgan fingerprint density at radius 3 is 2.81 bits per heavy atom. The minimum atomic E-state index is -0.745. The van der Waals surface area contributed by atoms with Gasteiger partial charge in [0.1, 0.15) is 12.3 Å². The van der Waals surface area contributed by atoms with E-state index in [1.807, 2.05) is 24.3 Å². The number of hydrogen-bond donors (Lipinski definition) is 1. The highest BCUT2D eigenvalue weighted by Gasteiger charge is 2.16. The molecule has 27 heavy (non-hydrogen) atoms. The molecule has 2 aromatic carbocycles. The second-order valence-electron chi connectivity index (χ2n) is 5.78. The van der Waals surface area contributed by atoms with Crippen LogP contribution in [0.5, 0.6) is 5.75 Å². The zero-order valence-corrected chi connectivity index (χ0v) is 14.5. The van der Waals surface area contributed by atoms with Crippen LogP contribution in [-0.2, 0) is 17.8 Å². The number of methoxy groups -OCH3 is 1. The molecule has 0 saturated carbocycles. The zero-order chi connectivity index (χ0) is 19.4. The van der Waals surface area contributed by atoms with Crippen molar-refractivity contribution in [2.75, 3.05) is 13.7 Å². The topological polar surface area (TPSA) is 117 Å². The molecule has 1 N–H and O–H groups in total. The number of oxazole rings is 1. The first-order chi connectivity index (χ1) is 13.0. The van der Waals surface area contributed by atoms with E-state index in [-0.39, 0.29) is 23.3 Å². The Hall–Kier alpha value is -3.62. The van der Waals surface area contributed by atoms with Gasteiger partial charge in [-0.2, -0.15) is 0 Å². The first-order valence-electron chi connectivity index (χ1n) is 8.16. The van der Waals surface area contributed by atoms with Crippen molar-refractivity contribution in [3.8, 4) is 5.75 Å². The first kappa shape index (κ1) is 18.2. The van der Waals surface area contributed by atoms with Crippen molar-refractivity contribution in [3.05, 3.63) is 68.7 Å². The van der Waals surface area contributed by atoms with Gasteiger partial charge in [-0.05, 0) is 24.1 Å². The normalized spacial score (nSPS) is 10.7. The van der Waals surface area contributed by atoms with E-state index in [0.29, 0.717) is 13.0 Å². The molecule has 9 heteroatoms. The zero-order valence-electron chi connectivity index (χ0n) is 14.5. The summed E-state index contributed by atoms with van der Waals surface area (Å²) < 4.78 is 11.4. The Bertz CT molecular complexity index is 1050. The SMILES string of the molecule is COc1ccccc1CCNC(=O)Cn1c(=O)oc2ccc([N+](=O)[O-])cc21. The largest absolute Gasteiger partial charge is 0.496 e. The molecule has 0 atom stereocenters. The van der Waals surface area contributed by atoms with Crippen LogP contribution in [0.3, 0.4) is 0 Å². The van der Waals surface area contributed by atoms with Gasteiger partial charge in [0.2, 0.25) is 5.91 Å². The monoisotopic (exact) mass is 371 g/mol. The maximum absolute atomic E-state index is 12.2. The first-order valence-corrected chi connectivity index (χ1v) is 8.16. The Morgan fingerprint density at radius 2 is 2.07 bits per heavy atom. The number of carbonyl (C=O) groups is 1. The van der Waals surface area contributed by atoms with E-state index in [0.717, 1.165) is 15.9 Å². The van der Waals surface area contributed by atoms with Gasteiger partial charge in [0.25, 0.3) is 5.69 Å². The van der Waals surface area contributed by atoms with Crippen LogP contribution in [-0.4, -0.2) is 29.1 Å². The van der Waals surface area contributed by atoms with Crippen molar-refractivity contribution in [1.29, 1.82) is 0 Å². The lowest BCUT2D eigenvalue weighted by Gasteiger charge is -2.09. The van der Waals surface area contributed by atoms with Crippen molar-refractivity contribution < 1.29 is 18.9 Å². The summed E-state index contributed by atoms with van der Waals surface area (Å²) in [6.07, 6.45) is 0.558. The van der Waals surface area contributed by atoms with Crippen LogP contribution in [0.4, 0.5) is 5.69 Å². The summed E-state index contributed by atoms with van der Waals surface area (Å²) in [6.45, 7) is 0.0583. The van der Waals surface area contributed by atoms with Gasteiger partial charge in [-0.1, -0.05) is 18.2 Å². The fourth-order valence-corrected chi connectivity index (χ4v) is 2.76. The molecule has 0 aliphatic rings. The number of para-hydroxylation sites is 1. The lowest BCUT2D eigenvalue weighted by atomic mass is 10.1. The predicted octanol–water partition coefficient (Wildman–Crippen LogP) is 1.87. The second kappa shape index (κ2) is 7.73. The smallest absolute Gasteiger partial charge is 0.420 e. The van der Waals surface area contributed by atoms with Gasteiger partial charge in [-0.25, -0.2) is 4.79 Å². The van der Waals surface area contributed by atoms with Gasteiger partial charge in [0.05, 0.1) is 17.5 Å². The van der Waals surface area contributed by atoms with Crippen molar-refractivity contribution >= 4 is 22.7 Å². The summed E-state index contributed by atoms with van der Waals surface area (Å²) >= 11 is 0. The average molecular weight is 371 g/mol. The van der Waals surface area contributed by atoms with E-state index < -0.39 is 16.6 Å². The van der Waals surface area contributed by atoms with E-state index in [1.165, 1.54) is 18.2 Å². The number of benzene rings is 2. The molecule has 1 aromatic heterocycles. The van der Waals surface area contributed by atoms with Crippen LogP contribution in [0.1, 0.15) is 5.56 Å². The van der Waals surface area contributed by atoms with Crippen LogP contribution >= 0.6 is 0 Å². The number of non-ortho nitro benzene ring substituents is 1. The molecule has 0 aliphatic heterocycles. The number of hydrogen-bond acceptors (Lipinski definition) is 6. The molecule has 0 saturated heterocycles. The molecule has 9 nitrogen and oxygen atoms in total. The lowest BCUT2D eigenvalue weighted by molar-refractivity contribution is -0.384. The minimum Gasteiger partial charge on any atom is -0.496 e. The van der Waals surface area contributed by atoms with Crippen molar-refractivity contribution in [3.63, 3.8) is 0 Å². The molecule has 140 valence electrons. The van der Waals surface area contributed by atoms with E-state index in [9.17, 15) is 19.7 Å². The summed E-state index contributed by atoms with van der Waals surface area (Å²) in [5.41, 5.74) is 1.15. The molecule has 0 unspecified atom stereocenters. The molecular formula is C18H17N3O6. The highest BCUT2D eigenvalue weighted by Crippen LogP contribution is 2.20. The minimum absolute atomic E-state index is 0.186. The van der Waals surface area contributed by atoms with Gasteiger partial charge >= 0.3 is 5.76 Å². The summed E-state index contributed by atoms with van der Waals surface area (Å²) in [4.78, 5) is 34.5. The third-order valence-electron chi connectivity index (χ3n) is 4.07. The molecule has 0 aliphatic carbocycles. The molecular weight excluding hydrogens is 354 g/mol. The third kappa shape index (κ3) is 3.97. The molecule has 0 bridgehead atoms. The Balaban J connectivity index is 1.69. The van der Waals surface area contributed by atoms with Crippen LogP contribution in [0.15, 0.2) is 51.7 Å². The maximum Gasteiger partial charge on any atom is 0.420 e. The Kier molecular flexibility index (Phi) is 5.20. The summed E-state index contributed by atoms with van der Waals surface area (Å²) in [6, 6.07) is 11.3. The number of amides is 1. The highest BCUT2D eigenvalue weighted by atomic mass is 16.6. The fourth-order valence-electron chi connectivity index (χ4n) is 2.76. The van der Waals surface area contributed by atoms with E-state index >= 15 is 0 Å². The van der Waals surface area contributed by atoms with Crippen molar-refractivity contribution in [1.82, 2.24) is 9.88 Å². The van der Waals surface area contributed by atoms with E-state index in [1.54, 1.807) is 7.11 Å². The molecule has 3 aromatic rings. The third-order valence-corrected chi connectivity index (χ3v) is 4.07. The molecule has 3 rings (SSSR count). The molecule has 0 radical (unpaired) electrons. The number of carbonyl (C=O) groups excluding carboxylic acids is 1. The second-order valence-corrected chi connectivity index (χ2v) is 5.78. The molecule has 0 fully saturated rings. The summed E-state index contributed by atoms with van der Waals surface area (Å²) in [7, 11) is 1.58. The number of ether oxygens (including phenoxy) is 1. The fraction of sp³-hybridized carbons (Fsp3) is 0.222. The molecule has 1 heterocycles. The maximum atomic E-state index is 12.2. The number of aromatic nitrogens is 1. The molecule has 1 amide bonds. The van der Waals surface area contributed by atoms with Crippen LogP contribution in [0, 0.1) is 10.1 Å². The number of nitro groups is 1. The van der Waals surface area contributed by atoms with Gasteiger partial charge < -0.3 is 14.5 Å². The Labute approximate surface area is 153 Å². The summed E-state index contributed by atoms with van der Waals surface area (Å²) in [5.74, 6) is -0.414. The molecule has 0 spiro atoms. The highest BCUT2D eigenvalue weighted by molar-refractivity contribution is 5.80. The number of rotatable bonds is 7. The number of nitrogens with zero attached hydrogens (tertiary/aromatic N) is 2. The van der Waals surface area contributed by atoms with E-state index in [4.69, 9.17) is 9.15 Å². The van der Waals surface area contributed by atoms with Gasteiger partial charge in [-0.15, -0.1) is 0 Å². The summed E-state index contributed by atoms with van der Waals surface area (Å²) in [5, 5.41) is 13.6. The number of fused-ring (bicyclic) bond motifs is 1. The lowest BCUT2D eigenvalue weighted by Crippen LogP contribution is -2.32.